The number of nitrogens with zero attached hydrogens (tertiary/aromatic N) is 2. The van der Waals surface area contributed by atoms with Crippen molar-refractivity contribution in [2.24, 2.45) is 0 Å². The van der Waals surface area contributed by atoms with E-state index in [9.17, 15) is 14.4 Å². The lowest BCUT2D eigenvalue weighted by Gasteiger charge is -2.11. The van der Waals surface area contributed by atoms with Crippen molar-refractivity contribution in [2.45, 2.75) is 20.5 Å². The average Bonchev–Trinajstić information content (AvgIpc) is 3.19. The quantitative estimate of drug-likeness (QED) is 0.358. The van der Waals surface area contributed by atoms with Gasteiger partial charge in [0.2, 0.25) is 5.91 Å². The molecule has 0 radical (unpaired) electrons. The first-order chi connectivity index (χ1) is 15.9. The van der Waals surface area contributed by atoms with Gasteiger partial charge in [-0.3, -0.25) is 9.59 Å². The Labute approximate surface area is 189 Å². The maximum Gasteiger partial charge on any atom is 0.338 e. The predicted octanol–water partition coefficient (Wildman–Crippen LogP) is 3.91. The Morgan fingerprint density at radius 1 is 1.09 bits per heavy atom. The number of aromatic nitrogens is 2. The van der Waals surface area contributed by atoms with Crippen LogP contribution in [0, 0.1) is 13.8 Å². The highest BCUT2D eigenvalue weighted by Crippen LogP contribution is 2.20. The van der Waals surface area contributed by atoms with Gasteiger partial charge in [0.1, 0.15) is 12.4 Å². The summed E-state index contributed by atoms with van der Waals surface area (Å²) in [6.07, 6.45) is 3.13. The van der Waals surface area contributed by atoms with Gasteiger partial charge in [0.25, 0.3) is 5.56 Å². The van der Waals surface area contributed by atoms with E-state index in [0.717, 1.165) is 10.1 Å². The SMILES string of the molecule is Cc1cc2nc(COC(=O)c3cccc(NC(=O)C=Cc4ccccc4)c3C)cc(=O)n2o1. The summed E-state index contributed by atoms with van der Waals surface area (Å²) < 4.78 is 11.7. The third-order valence-electron chi connectivity index (χ3n) is 4.91. The molecule has 166 valence electrons. The highest BCUT2D eigenvalue weighted by Gasteiger charge is 2.15. The molecule has 33 heavy (non-hydrogen) atoms. The zero-order valence-corrected chi connectivity index (χ0v) is 18.1. The van der Waals surface area contributed by atoms with E-state index in [1.165, 1.54) is 12.1 Å². The maximum absolute atomic E-state index is 12.7. The Bertz CT molecular complexity index is 1420. The number of anilines is 1. The van der Waals surface area contributed by atoms with Crippen molar-refractivity contribution in [3.05, 3.63) is 105 Å². The molecule has 2 aromatic carbocycles. The third-order valence-corrected chi connectivity index (χ3v) is 4.91. The number of esters is 1. The molecule has 0 fully saturated rings. The first-order valence-electron chi connectivity index (χ1n) is 10.2. The highest BCUT2D eigenvalue weighted by molar-refractivity contribution is 6.03. The lowest BCUT2D eigenvalue weighted by atomic mass is 10.1. The molecule has 0 atom stereocenters. The van der Waals surface area contributed by atoms with Gasteiger partial charge in [-0.05, 0) is 43.2 Å². The molecule has 0 aliphatic heterocycles. The first kappa shape index (κ1) is 21.8. The average molecular weight is 443 g/mol. The van der Waals surface area contributed by atoms with Crippen LogP contribution >= 0.6 is 0 Å². The number of nitrogens with one attached hydrogen (secondary N) is 1. The smallest absolute Gasteiger partial charge is 0.338 e. The zero-order chi connectivity index (χ0) is 23.4. The van der Waals surface area contributed by atoms with E-state index in [4.69, 9.17) is 9.26 Å². The minimum absolute atomic E-state index is 0.176. The molecule has 4 rings (SSSR count). The Hall–Kier alpha value is -4.46. The lowest BCUT2D eigenvalue weighted by molar-refractivity contribution is -0.111. The minimum Gasteiger partial charge on any atom is -0.456 e. The molecular formula is C25H21N3O5. The van der Waals surface area contributed by atoms with E-state index in [1.807, 2.05) is 30.3 Å². The van der Waals surface area contributed by atoms with Crippen LogP contribution in [-0.4, -0.2) is 21.4 Å². The highest BCUT2D eigenvalue weighted by atomic mass is 16.5. The van der Waals surface area contributed by atoms with Gasteiger partial charge in [-0.25, -0.2) is 9.78 Å². The molecule has 8 heteroatoms. The monoisotopic (exact) mass is 443 g/mol. The van der Waals surface area contributed by atoms with Crippen LogP contribution < -0.4 is 10.9 Å². The summed E-state index contributed by atoms with van der Waals surface area (Å²) in [4.78, 5) is 41.4. The fraction of sp³-hybridized carbons (Fsp3) is 0.120. The fourth-order valence-electron chi connectivity index (χ4n) is 3.27. The summed E-state index contributed by atoms with van der Waals surface area (Å²) in [5.41, 5.74) is 2.52. The standard InChI is InChI=1S/C25H21N3O5/c1-16-13-22-26-19(14-24(30)28(22)33-16)15-32-25(31)20-9-6-10-21(17(20)2)27-23(29)12-11-18-7-4-3-5-8-18/h3-14H,15H2,1-2H3,(H,27,29). The number of amides is 1. The van der Waals surface area contributed by atoms with Crippen LogP contribution in [-0.2, 0) is 16.1 Å². The number of benzene rings is 2. The number of fused-ring (bicyclic) bond motifs is 1. The van der Waals surface area contributed by atoms with Crippen LogP contribution in [0.5, 0.6) is 0 Å². The summed E-state index contributed by atoms with van der Waals surface area (Å²) in [5.74, 6) is -0.364. The van der Waals surface area contributed by atoms with Crippen LogP contribution in [0.3, 0.4) is 0 Å². The van der Waals surface area contributed by atoms with Gasteiger partial charge >= 0.3 is 5.97 Å². The van der Waals surface area contributed by atoms with Crippen LogP contribution in [0.1, 0.15) is 32.9 Å². The third kappa shape index (κ3) is 5.07. The van der Waals surface area contributed by atoms with Gasteiger partial charge < -0.3 is 14.6 Å². The van der Waals surface area contributed by atoms with E-state index in [1.54, 1.807) is 44.2 Å². The number of carbonyl (C=O) groups is 2. The predicted molar refractivity (Wildman–Crippen MR) is 123 cm³/mol. The summed E-state index contributed by atoms with van der Waals surface area (Å²) in [5, 5.41) is 2.78. The molecule has 1 N–H and O–H groups in total. The normalized spacial score (nSPS) is 11.1. The van der Waals surface area contributed by atoms with Crippen molar-refractivity contribution in [2.75, 3.05) is 5.32 Å². The van der Waals surface area contributed by atoms with Gasteiger partial charge in [-0.15, -0.1) is 4.57 Å². The molecule has 4 aromatic rings. The zero-order valence-electron chi connectivity index (χ0n) is 18.1. The second-order valence-electron chi connectivity index (χ2n) is 7.37. The summed E-state index contributed by atoms with van der Waals surface area (Å²) in [6.45, 7) is 3.25. The second-order valence-corrected chi connectivity index (χ2v) is 7.37. The molecular weight excluding hydrogens is 422 g/mol. The van der Waals surface area contributed by atoms with Gasteiger partial charge in [0, 0.05) is 23.9 Å². The molecule has 1 amide bonds. The van der Waals surface area contributed by atoms with Crippen LogP contribution in [0.2, 0.25) is 0 Å². The van der Waals surface area contributed by atoms with Crippen molar-refractivity contribution in [3.63, 3.8) is 0 Å². The minimum atomic E-state index is -0.589. The lowest BCUT2D eigenvalue weighted by Crippen LogP contribution is -2.16. The van der Waals surface area contributed by atoms with Gasteiger partial charge in [0.05, 0.1) is 11.3 Å². The second kappa shape index (κ2) is 9.35. The van der Waals surface area contributed by atoms with Crippen LogP contribution in [0.15, 0.2) is 76.1 Å². The summed E-state index contributed by atoms with van der Waals surface area (Å²) >= 11 is 0. The molecule has 0 spiro atoms. The van der Waals surface area contributed by atoms with Crippen LogP contribution in [0.25, 0.3) is 11.7 Å². The fourth-order valence-corrected chi connectivity index (χ4v) is 3.27. The number of aryl methyl sites for hydroxylation is 1. The van der Waals surface area contributed by atoms with Gasteiger partial charge in [-0.1, -0.05) is 36.4 Å². The van der Waals surface area contributed by atoms with Crippen molar-refractivity contribution in [3.8, 4) is 0 Å². The van der Waals surface area contributed by atoms with E-state index < -0.39 is 11.5 Å². The van der Waals surface area contributed by atoms with Crippen molar-refractivity contribution in [1.82, 2.24) is 9.56 Å². The summed E-state index contributed by atoms with van der Waals surface area (Å²) in [7, 11) is 0. The van der Waals surface area contributed by atoms with Crippen LogP contribution in [0.4, 0.5) is 5.69 Å². The van der Waals surface area contributed by atoms with Gasteiger partial charge in [0.15, 0.2) is 5.65 Å². The number of carbonyl (C=O) groups excluding carboxylic acids is 2. The number of hydrogen-bond acceptors (Lipinski definition) is 6. The Balaban J connectivity index is 1.44. The number of ether oxygens (including phenoxy) is 1. The molecule has 0 unspecified atom stereocenters. The van der Waals surface area contributed by atoms with Crippen molar-refractivity contribution in [1.29, 1.82) is 0 Å². The molecule has 2 heterocycles. The molecule has 0 saturated heterocycles. The Morgan fingerprint density at radius 3 is 2.67 bits per heavy atom. The molecule has 8 nitrogen and oxygen atoms in total. The van der Waals surface area contributed by atoms with Gasteiger partial charge in [-0.2, -0.15) is 0 Å². The largest absolute Gasteiger partial charge is 0.456 e. The topological polar surface area (TPSA) is 103 Å². The summed E-state index contributed by atoms with van der Waals surface area (Å²) in [6, 6.07) is 17.3. The molecule has 0 saturated carbocycles. The van der Waals surface area contributed by atoms with E-state index in [0.29, 0.717) is 33.9 Å². The van der Waals surface area contributed by atoms with E-state index in [2.05, 4.69) is 10.3 Å². The van der Waals surface area contributed by atoms with E-state index >= 15 is 0 Å². The molecule has 2 aromatic heterocycles. The van der Waals surface area contributed by atoms with E-state index in [-0.39, 0.29) is 12.5 Å². The molecule has 0 aliphatic carbocycles. The maximum atomic E-state index is 12.7. The van der Waals surface area contributed by atoms with Crippen molar-refractivity contribution < 1.29 is 18.8 Å². The molecule has 0 bridgehead atoms. The number of hydrogen-bond donors (Lipinski definition) is 1. The molecule has 0 aliphatic rings. The number of rotatable bonds is 6. The van der Waals surface area contributed by atoms with Crippen molar-refractivity contribution >= 4 is 29.3 Å². The Morgan fingerprint density at radius 2 is 1.88 bits per heavy atom. The Kier molecular flexibility index (Phi) is 6.17. The first-order valence-corrected chi connectivity index (χ1v) is 10.2.